The molecule has 0 atom stereocenters. The molecule has 1 rings (SSSR count). The van der Waals surface area contributed by atoms with Crippen molar-refractivity contribution in [1.82, 2.24) is 10.2 Å². The van der Waals surface area contributed by atoms with Gasteiger partial charge in [-0.15, -0.1) is 0 Å². The molecule has 0 spiro atoms. The van der Waals surface area contributed by atoms with Crippen molar-refractivity contribution in [2.75, 3.05) is 19.6 Å². The molecule has 9 nitrogen and oxygen atoms in total. The van der Waals surface area contributed by atoms with Gasteiger partial charge in [-0.05, 0) is 24.8 Å². The molecule has 0 fully saturated rings. The third-order valence-corrected chi connectivity index (χ3v) is 4.15. The molecular weight excluding hydrogens is 378 g/mol. The Labute approximate surface area is 170 Å². The van der Waals surface area contributed by atoms with E-state index in [1.807, 2.05) is 37.3 Å². The zero-order valence-corrected chi connectivity index (χ0v) is 16.8. The highest BCUT2D eigenvalue weighted by atomic mass is 16.6. The van der Waals surface area contributed by atoms with Gasteiger partial charge in [0.25, 0.3) is 6.54 Å². The number of hydrogen-bond donors (Lipinski definition) is 1. The molecule has 3 amide bonds. The fourth-order valence-electron chi connectivity index (χ4n) is 2.60. The van der Waals surface area contributed by atoms with Gasteiger partial charge in [0.2, 0.25) is 5.91 Å². The fraction of sp³-hybridized carbons (Fsp3) is 0.550. The Hall–Kier alpha value is -2.97. The molecule has 0 unspecified atom stereocenters. The Bertz CT molecular complexity index is 665. The van der Waals surface area contributed by atoms with Gasteiger partial charge in [0, 0.05) is 24.4 Å². The summed E-state index contributed by atoms with van der Waals surface area (Å²) in [4.78, 5) is 46.7. The highest BCUT2D eigenvalue weighted by Crippen LogP contribution is 2.06. The first-order valence-corrected chi connectivity index (χ1v) is 9.83. The fourth-order valence-corrected chi connectivity index (χ4v) is 2.60. The SMILES string of the molecule is CCCCCN(C(=O)CCCCNC(=O)OCc1ccccc1)C(=O)C[N+](=O)[O-]. The zero-order chi connectivity index (χ0) is 21.5. The van der Waals surface area contributed by atoms with Crippen molar-refractivity contribution in [3.05, 3.63) is 46.0 Å². The van der Waals surface area contributed by atoms with Crippen LogP contribution in [0, 0.1) is 10.1 Å². The monoisotopic (exact) mass is 407 g/mol. The van der Waals surface area contributed by atoms with E-state index in [4.69, 9.17) is 4.74 Å². The third-order valence-electron chi connectivity index (χ3n) is 4.15. The summed E-state index contributed by atoms with van der Waals surface area (Å²) >= 11 is 0. The standard InChI is InChI=1S/C20H29N3O6/c1-2-3-9-14-22(19(25)15-23(27)28)18(24)12-7-8-13-21-20(26)29-16-17-10-5-4-6-11-17/h4-6,10-11H,2-3,7-9,12-16H2,1H3,(H,21,26). The van der Waals surface area contributed by atoms with Crippen molar-refractivity contribution in [1.29, 1.82) is 0 Å². The molecular formula is C20H29N3O6. The number of amides is 3. The highest BCUT2D eigenvalue weighted by Gasteiger charge is 2.24. The van der Waals surface area contributed by atoms with Crippen LogP contribution in [0.25, 0.3) is 0 Å². The minimum Gasteiger partial charge on any atom is -0.445 e. The van der Waals surface area contributed by atoms with Crippen LogP contribution < -0.4 is 5.32 Å². The van der Waals surface area contributed by atoms with E-state index in [-0.39, 0.29) is 19.6 Å². The topological polar surface area (TPSA) is 119 Å². The van der Waals surface area contributed by atoms with Crippen LogP contribution >= 0.6 is 0 Å². The number of hydrogen-bond acceptors (Lipinski definition) is 6. The molecule has 0 heterocycles. The summed E-state index contributed by atoms with van der Waals surface area (Å²) < 4.78 is 5.08. The predicted molar refractivity (Wildman–Crippen MR) is 107 cm³/mol. The lowest BCUT2D eigenvalue weighted by molar-refractivity contribution is -0.468. The molecule has 0 aliphatic heterocycles. The summed E-state index contributed by atoms with van der Waals surface area (Å²) in [5.41, 5.74) is 0.885. The summed E-state index contributed by atoms with van der Waals surface area (Å²) in [5, 5.41) is 13.2. The van der Waals surface area contributed by atoms with E-state index in [0.29, 0.717) is 25.8 Å². The van der Waals surface area contributed by atoms with Crippen LogP contribution in [0.1, 0.15) is 51.0 Å². The molecule has 160 valence electrons. The highest BCUT2D eigenvalue weighted by molar-refractivity contribution is 5.95. The summed E-state index contributed by atoms with van der Waals surface area (Å²) in [6.45, 7) is 1.81. The number of carbonyl (C=O) groups is 3. The van der Waals surface area contributed by atoms with E-state index in [9.17, 15) is 24.5 Å². The second-order valence-corrected chi connectivity index (χ2v) is 6.58. The van der Waals surface area contributed by atoms with E-state index < -0.39 is 29.4 Å². The van der Waals surface area contributed by atoms with E-state index >= 15 is 0 Å². The Kier molecular flexibility index (Phi) is 11.7. The smallest absolute Gasteiger partial charge is 0.407 e. The minimum absolute atomic E-state index is 0.0936. The lowest BCUT2D eigenvalue weighted by Crippen LogP contribution is -2.41. The maximum atomic E-state index is 12.3. The van der Waals surface area contributed by atoms with Gasteiger partial charge in [-0.1, -0.05) is 50.1 Å². The number of nitrogens with one attached hydrogen (secondary N) is 1. The van der Waals surface area contributed by atoms with E-state index in [1.54, 1.807) is 0 Å². The number of nitrogens with zero attached hydrogens (tertiary/aromatic N) is 2. The second-order valence-electron chi connectivity index (χ2n) is 6.58. The van der Waals surface area contributed by atoms with Gasteiger partial charge in [0.1, 0.15) is 6.61 Å². The summed E-state index contributed by atoms with van der Waals surface area (Å²) in [7, 11) is 0. The molecule has 0 radical (unpaired) electrons. The first kappa shape index (κ1) is 24.1. The number of benzene rings is 1. The van der Waals surface area contributed by atoms with Crippen molar-refractivity contribution in [2.24, 2.45) is 0 Å². The molecule has 29 heavy (non-hydrogen) atoms. The van der Waals surface area contributed by atoms with Gasteiger partial charge in [0.05, 0.1) is 0 Å². The molecule has 0 saturated carbocycles. The van der Waals surface area contributed by atoms with Crippen molar-refractivity contribution < 1.29 is 24.0 Å². The second kappa shape index (κ2) is 14.1. The third kappa shape index (κ3) is 10.8. The number of carbonyl (C=O) groups excluding carboxylic acids is 3. The van der Waals surface area contributed by atoms with Gasteiger partial charge in [-0.3, -0.25) is 24.6 Å². The van der Waals surface area contributed by atoms with E-state index in [1.165, 1.54) is 0 Å². The quantitative estimate of drug-likeness (QED) is 0.305. The Balaban J connectivity index is 2.28. The first-order chi connectivity index (χ1) is 13.9. The van der Waals surface area contributed by atoms with E-state index in [0.717, 1.165) is 23.3 Å². The minimum atomic E-state index is -0.882. The van der Waals surface area contributed by atoms with Gasteiger partial charge in [-0.25, -0.2) is 4.79 Å². The van der Waals surface area contributed by atoms with Gasteiger partial charge in [-0.2, -0.15) is 0 Å². The zero-order valence-electron chi connectivity index (χ0n) is 16.8. The molecule has 0 bridgehead atoms. The van der Waals surface area contributed by atoms with Gasteiger partial charge >= 0.3 is 12.0 Å². The number of alkyl carbamates (subject to hydrolysis) is 1. The lowest BCUT2D eigenvalue weighted by Gasteiger charge is -2.19. The maximum absolute atomic E-state index is 12.3. The summed E-state index contributed by atoms with van der Waals surface area (Å²) in [6.07, 6.45) is 2.91. The van der Waals surface area contributed by atoms with Crippen molar-refractivity contribution >= 4 is 17.9 Å². The molecule has 0 aliphatic rings. The molecule has 0 aliphatic carbocycles. The van der Waals surface area contributed by atoms with Crippen LogP contribution in [-0.2, 0) is 20.9 Å². The molecule has 0 aromatic heterocycles. The van der Waals surface area contributed by atoms with E-state index in [2.05, 4.69) is 5.32 Å². The number of ether oxygens (including phenoxy) is 1. The van der Waals surface area contributed by atoms with Crippen molar-refractivity contribution in [3.8, 4) is 0 Å². The van der Waals surface area contributed by atoms with Crippen LogP contribution in [0.15, 0.2) is 30.3 Å². The first-order valence-electron chi connectivity index (χ1n) is 9.83. The number of rotatable bonds is 13. The largest absolute Gasteiger partial charge is 0.445 e. The number of unbranched alkanes of at least 4 members (excludes halogenated alkanes) is 3. The lowest BCUT2D eigenvalue weighted by atomic mass is 10.2. The van der Waals surface area contributed by atoms with Crippen molar-refractivity contribution in [2.45, 2.75) is 52.1 Å². The Morgan fingerprint density at radius 2 is 1.79 bits per heavy atom. The summed E-state index contributed by atoms with van der Waals surface area (Å²) in [5.74, 6) is -1.20. The van der Waals surface area contributed by atoms with Crippen LogP contribution in [0.5, 0.6) is 0 Å². The number of imide groups is 1. The van der Waals surface area contributed by atoms with Gasteiger partial charge in [0.15, 0.2) is 0 Å². The van der Waals surface area contributed by atoms with Crippen LogP contribution in [0.4, 0.5) is 4.79 Å². The Morgan fingerprint density at radius 3 is 2.45 bits per heavy atom. The van der Waals surface area contributed by atoms with Crippen LogP contribution in [0.2, 0.25) is 0 Å². The molecule has 1 aromatic carbocycles. The average Bonchev–Trinajstić information content (AvgIpc) is 2.69. The predicted octanol–water partition coefficient (Wildman–Crippen LogP) is 2.91. The van der Waals surface area contributed by atoms with Crippen LogP contribution in [-0.4, -0.2) is 47.4 Å². The summed E-state index contributed by atoms with van der Waals surface area (Å²) in [6, 6.07) is 9.29. The van der Waals surface area contributed by atoms with Crippen molar-refractivity contribution in [3.63, 3.8) is 0 Å². The maximum Gasteiger partial charge on any atom is 0.407 e. The normalized spacial score (nSPS) is 10.2. The van der Waals surface area contributed by atoms with Crippen LogP contribution in [0.3, 0.4) is 0 Å². The molecule has 0 saturated heterocycles. The average molecular weight is 407 g/mol. The van der Waals surface area contributed by atoms with Gasteiger partial charge < -0.3 is 10.1 Å². The molecule has 1 aromatic rings. The molecule has 9 heteroatoms. The Morgan fingerprint density at radius 1 is 1.07 bits per heavy atom. The molecule has 1 N–H and O–H groups in total. The number of nitro groups is 1.